The molecule has 3 unspecified atom stereocenters. The van der Waals surface area contributed by atoms with Crippen LogP contribution in [0.2, 0.25) is 5.02 Å². The predicted octanol–water partition coefficient (Wildman–Crippen LogP) is 3.25. The van der Waals surface area contributed by atoms with Crippen LogP contribution in [0.5, 0.6) is 5.75 Å². The van der Waals surface area contributed by atoms with Crippen LogP contribution in [-0.2, 0) is 4.79 Å². The van der Waals surface area contributed by atoms with Gasteiger partial charge in [-0.2, -0.15) is 0 Å². The number of amides is 1. The minimum atomic E-state index is -0.0771. The number of rotatable bonds is 7. The molecule has 1 aromatic rings. The van der Waals surface area contributed by atoms with Gasteiger partial charge in [0, 0.05) is 11.4 Å². The third-order valence-electron chi connectivity index (χ3n) is 4.38. The molecule has 0 radical (unpaired) electrons. The SMILES string of the molecule is CC(CNC(=O)CC(C)C1CCCNC1)Oc1ccc(Cl)cc1. The van der Waals surface area contributed by atoms with E-state index in [0.717, 1.165) is 18.8 Å². The summed E-state index contributed by atoms with van der Waals surface area (Å²) < 4.78 is 5.76. The molecule has 1 fully saturated rings. The van der Waals surface area contributed by atoms with Crippen LogP contribution in [0.15, 0.2) is 24.3 Å². The van der Waals surface area contributed by atoms with Crippen LogP contribution < -0.4 is 15.4 Å². The Labute approximate surface area is 143 Å². The van der Waals surface area contributed by atoms with E-state index < -0.39 is 0 Å². The number of nitrogens with one attached hydrogen (secondary N) is 2. The summed E-state index contributed by atoms with van der Waals surface area (Å²) in [4.78, 5) is 12.1. The number of piperidine rings is 1. The first kappa shape index (κ1) is 18.1. The van der Waals surface area contributed by atoms with E-state index in [-0.39, 0.29) is 12.0 Å². The van der Waals surface area contributed by atoms with Crippen molar-refractivity contribution in [2.24, 2.45) is 11.8 Å². The molecule has 0 saturated carbocycles. The first-order valence-electron chi connectivity index (χ1n) is 8.44. The summed E-state index contributed by atoms with van der Waals surface area (Å²) in [6, 6.07) is 7.25. The molecule has 5 heteroatoms. The molecule has 1 heterocycles. The van der Waals surface area contributed by atoms with Crippen molar-refractivity contribution in [3.63, 3.8) is 0 Å². The van der Waals surface area contributed by atoms with Gasteiger partial charge < -0.3 is 15.4 Å². The number of hydrogen-bond donors (Lipinski definition) is 2. The normalized spacial score (nSPS) is 20.6. The minimum Gasteiger partial charge on any atom is -0.489 e. The van der Waals surface area contributed by atoms with E-state index >= 15 is 0 Å². The molecule has 0 bridgehead atoms. The molecule has 2 rings (SSSR count). The predicted molar refractivity (Wildman–Crippen MR) is 93.9 cm³/mol. The fourth-order valence-electron chi connectivity index (χ4n) is 2.94. The third-order valence-corrected chi connectivity index (χ3v) is 4.64. The molecule has 23 heavy (non-hydrogen) atoms. The van der Waals surface area contributed by atoms with E-state index in [1.807, 2.05) is 19.1 Å². The molecule has 128 valence electrons. The molecular formula is C18H27ClN2O2. The van der Waals surface area contributed by atoms with Gasteiger partial charge in [-0.1, -0.05) is 18.5 Å². The Hall–Kier alpha value is -1.26. The second kappa shape index (κ2) is 9.14. The van der Waals surface area contributed by atoms with E-state index in [1.165, 1.54) is 12.8 Å². The number of ether oxygens (including phenoxy) is 1. The van der Waals surface area contributed by atoms with E-state index in [4.69, 9.17) is 16.3 Å². The maximum absolute atomic E-state index is 12.1. The van der Waals surface area contributed by atoms with Crippen molar-refractivity contribution < 1.29 is 9.53 Å². The van der Waals surface area contributed by atoms with Gasteiger partial charge in [-0.05, 0) is 69.0 Å². The summed E-state index contributed by atoms with van der Waals surface area (Å²) in [5.41, 5.74) is 0. The van der Waals surface area contributed by atoms with Crippen LogP contribution in [0, 0.1) is 11.8 Å². The topological polar surface area (TPSA) is 50.4 Å². The van der Waals surface area contributed by atoms with Gasteiger partial charge in [-0.15, -0.1) is 0 Å². The summed E-state index contributed by atoms with van der Waals surface area (Å²) in [6.07, 6.45) is 2.94. The van der Waals surface area contributed by atoms with E-state index in [9.17, 15) is 4.79 Å². The van der Waals surface area contributed by atoms with Crippen LogP contribution >= 0.6 is 11.6 Å². The van der Waals surface area contributed by atoms with E-state index in [2.05, 4.69) is 17.6 Å². The number of carbonyl (C=O) groups is 1. The van der Waals surface area contributed by atoms with Gasteiger partial charge in [0.25, 0.3) is 0 Å². The summed E-state index contributed by atoms with van der Waals surface area (Å²) in [5.74, 6) is 1.89. The lowest BCUT2D eigenvalue weighted by Crippen LogP contribution is -2.37. The second-order valence-corrected chi connectivity index (χ2v) is 6.91. The highest BCUT2D eigenvalue weighted by molar-refractivity contribution is 6.30. The standard InChI is InChI=1S/C18H27ClN2O2/c1-13(15-4-3-9-20-12-15)10-18(22)21-11-14(2)23-17-7-5-16(19)6-8-17/h5-8,13-15,20H,3-4,9-12H2,1-2H3,(H,21,22). The average molecular weight is 339 g/mol. The lowest BCUT2D eigenvalue weighted by molar-refractivity contribution is -0.122. The van der Waals surface area contributed by atoms with Crippen LogP contribution in [0.3, 0.4) is 0 Å². The minimum absolute atomic E-state index is 0.0771. The Morgan fingerprint density at radius 3 is 2.78 bits per heavy atom. The molecule has 0 spiro atoms. The number of benzene rings is 1. The zero-order valence-electron chi connectivity index (χ0n) is 14.0. The van der Waals surface area contributed by atoms with Crippen molar-refractivity contribution in [3.05, 3.63) is 29.3 Å². The Balaban J connectivity index is 1.67. The number of carbonyl (C=O) groups excluding carboxylic acids is 1. The molecule has 1 saturated heterocycles. The van der Waals surface area contributed by atoms with Crippen LogP contribution in [0.1, 0.15) is 33.1 Å². The van der Waals surface area contributed by atoms with Crippen molar-refractivity contribution in [1.82, 2.24) is 10.6 Å². The fraction of sp³-hybridized carbons (Fsp3) is 0.611. The molecule has 0 aromatic heterocycles. The van der Waals surface area contributed by atoms with Gasteiger partial charge in [0.15, 0.2) is 0 Å². The molecule has 1 amide bonds. The summed E-state index contributed by atoms with van der Waals surface area (Å²) >= 11 is 5.85. The monoisotopic (exact) mass is 338 g/mol. The quantitative estimate of drug-likeness (QED) is 0.802. The van der Waals surface area contributed by atoms with Gasteiger partial charge >= 0.3 is 0 Å². The zero-order chi connectivity index (χ0) is 16.7. The molecule has 1 aromatic carbocycles. The van der Waals surface area contributed by atoms with Crippen molar-refractivity contribution >= 4 is 17.5 Å². The van der Waals surface area contributed by atoms with Gasteiger partial charge in [0.2, 0.25) is 5.91 Å². The van der Waals surface area contributed by atoms with Crippen molar-refractivity contribution in [2.75, 3.05) is 19.6 Å². The highest BCUT2D eigenvalue weighted by Crippen LogP contribution is 2.22. The fourth-order valence-corrected chi connectivity index (χ4v) is 3.07. The lowest BCUT2D eigenvalue weighted by Gasteiger charge is -2.28. The van der Waals surface area contributed by atoms with Crippen LogP contribution in [-0.4, -0.2) is 31.6 Å². The van der Waals surface area contributed by atoms with Crippen LogP contribution in [0.25, 0.3) is 0 Å². The summed E-state index contributed by atoms with van der Waals surface area (Å²) in [7, 11) is 0. The Bertz CT molecular complexity index is 486. The van der Waals surface area contributed by atoms with Gasteiger partial charge in [-0.25, -0.2) is 0 Å². The maximum atomic E-state index is 12.1. The summed E-state index contributed by atoms with van der Waals surface area (Å²) in [5, 5.41) is 7.07. The molecule has 1 aliphatic rings. The first-order valence-corrected chi connectivity index (χ1v) is 8.82. The Morgan fingerprint density at radius 2 is 2.13 bits per heavy atom. The highest BCUT2D eigenvalue weighted by atomic mass is 35.5. The molecule has 2 N–H and O–H groups in total. The molecule has 1 aliphatic heterocycles. The molecule has 4 nitrogen and oxygen atoms in total. The van der Waals surface area contributed by atoms with Gasteiger partial charge in [-0.3, -0.25) is 4.79 Å². The van der Waals surface area contributed by atoms with E-state index in [1.54, 1.807) is 12.1 Å². The molecule has 3 atom stereocenters. The van der Waals surface area contributed by atoms with Gasteiger partial charge in [0.1, 0.15) is 11.9 Å². The van der Waals surface area contributed by atoms with E-state index in [0.29, 0.717) is 29.8 Å². The highest BCUT2D eigenvalue weighted by Gasteiger charge is 2.22. The van der Waals surface area contributed by atoms with Crippen molar-refractivity contribution in [3.8, 4) is 5.75 Å². The Morgan fingerprint density at radius 1 is 1.39 bits per heavy atom. The average Bonchev–Trinajstić information content (AvgIpc) is 2.56. The largest absolute Gasteiger partial charge is 0.489 e. The molecule has 0 aliphatic carbocycles. The van der Waals surface area contributed by atoms with Crippen LogP contribution in [0.4, 0.5) is 0 Å². The second-order valence-electron chi connectivity index (χ2n) is 6.47. The first-order chi connectivity index (χ1) is 11.0. The Kier molecular flexibility index (Phi) is 7.18. The van der Waals surface area contributed by atoms with Crippen molar-refractivity contribution in [1.29, 1.82) is 0 Å². The molecular weight excluding hydrogens is 312 g/mol. The lowest BCUT2D eigenvalue weighted by atomic mass is 9.85. The third kappa shape index (κ3) is 6.40. The number of halogens is 1. The zero-order valence-corrected chi connectivity index (χ0v) is 14.7. The summed E-state index contributed by atoms with van der Waals surface area (Å²) in [6.45, 7) is 6.77. The van der Waals surface area contributed by atoms with Gasteiger partial charge in [0.05, 0.1) is 6.54 Å². The van der Waals surface area contributed by atoms with Crippen molar-refractivity contribution in [2.45, 2.75) is 39.2 Å². The number of hydrogen-bond acceptors (Lipinski definition) is 3. The maximum Gasteiger partial charge on any atom is 0.220 e. The smallest absolute Gasteiger partial charge is 0.220 e.